The van der Waals surface area contributed by atoms with E-state index in [1.807, 2.05) is 12.1 Å². The van der Waals surface area contributed by atoms with Crippen LogP contribution in [0.5, 0.6) is 0 Å². The Morgan fingerprint density at radius 1 is 0.892 bits per heavy atom. The normalized spacial score (nSPS) is 22.7. The standard InChI is InChI=1S/C27H24BrN3O5S/c1-37(35,36)21-13-11-19(12-14-21)29-31-23(25(32)17-7-9-18(28)10-8-17)16-15-22-24(31)27(34)30(26(22)33)20-5-3-2-4-6-20/h2-16,22-25,29,32H,1H3/t22?,23?,24-,25?/m0/s1. The molecular formula is C27H24BrN3O5S. The van der Waals surface area contributed by atoms with Crippen molar-refractivity contribution in [1.29, 1.82) is 0 Å². The van der Waals surface area contributed by atoms with Crippen LogP contribution in [-0.2, 0) is 19.4 Å². The summed E-state index contributed by atoms with van der Waals surface area (Å²) in [7, 11) is -3.39. The monoisotopic (exact) mass is 581 g/mol. The van der Waals surface area contributed by atoms with Crippen LogP contribution in [0.4, 0.5) is 11.4 Å². The van der Waals surface area contributed by atoms with E-state index < -0.39 is 39.8 Å². The zero-order valence-corrected chi connectivity index (χ0v) is 22.1. The molecule has 2 heterocycles. The van der Waals surface area contributed by atoms with Gasteiger partial charge in [-0.3, -0.25) is 9.59 Å². The quantitative estimate of drug-likeness (QED) is 0.337. The second-order valence-electron chi connectivity index (χ2n) is 9.01. The van der Waals surface area contributed by atoms with Crippen molar-refractivity contribution in [1.82, 2.24) is 5.01 Å². The molecule has 2 N–H and O–H groups in total. The van der Waals surface area contributed by atoms with E-state index in [9.17, 15) is 23.1 Å². The van der Waals surface area contributed by atoms with Crippen molar-refractivity contribution in [2.24, 2.45) is 5.92 Å². The number of benzene rings is 3. The Hall–Kier alpha value is -3.31. The zero-order valence-electron chi connectivity index (χ0n) is 19.7. The molecule has 0 bridgehead atoms. The molecule has 4 atom stereocenters. The van der Waals surface area contributed by atoms with Crippen molar-refractivity contribution in [3.8, 4) is 0 Å². The highest BCUT2D eigenvalue weighted by molar-refractivity contribution is 9.10. The lowest BCUT2D eigenvalue weighted by Gasteiger charge is -2.40. The number of nitrogens with zero attached hydrogens (tertiary/aromatic N) is 2. The molecule has 0 spiro atoms. The number of carbonyl (C=O) groups is 2. The molecule has 0 saturated carbocycles. The first kappa shape index (κ1) is 25.3. The van der Waals surface area contributed by atoms with Gasteiger partial charge in [-0.2, -0.15) is 0 Å². The number of hydrazine groups is 1. The molecule has 1 fully saturated rings. The second-order valence-corrected chi connectivity index (χ2v) is 11.9. The van der Waals surface area contributed by atoms with Gasteiger partial charge in [-0.05, 0) is 54.1 Å². The maximum absolute atomic E-state index is 13.7. The Kier molecular flexibility index (Phi) is 6.76. The molecule has 1 saturated heterocycles. The third-order valence-electron chi connectivity index (χ3n) is 6.55. The summed E-state index contributed by atoms with van der Waals surface area (Å²) in [4.78, 5) is 28.4. The van der Waals surface area contributed by atoms with Crippen LogP contribution in [0.15, 0.2) is 100 Å². The molecule has 5 rings (SSSR count). The van der Waals surface area contributed by atoms with Gasteiger partial charge in [0.25, 0.3) is 5.91 Å². The van der Waals surface area contributed by atoms with Gasteiger partial charge in [0.05, 0.1) is 28.6 Å². The third-order valence-corrected chi connectivity index (χ3v) is 8.20. The molecule has 2 aliphatic rings. The van der Waals surface area contributed by atoms with E-state index in [0.29, 0.717) is 16.9 Å². The number of fused-ring (bicyclic) bond motifs is 1. The summed E-state index contributed by atoms with van der Waals surface area (Å²) in [5, 5.41) is 12.9. The number of hydrogen-bond acceptors (Lipinski definition) is 7. The largest absolute Gasteiger partial charge is 0.386 e. The van der Waals surface area contributed by atoms with Crippen LogP contribution in [0.1, 0.15) is 11.7 Å². The van der Waals surface area contributed by atoms with Crippen molar-refractivity contribution < 1.29 is 23.1 Å². The molecule has 8 nitrogen and oxygen atoms in total. The second kappa shape index (κ2) is 9.86. The Labute approximate surface area is 223 Å². The van der Waals surface area contributed by atoms with Gasteiger partial charge in [0, 0.05) is 16.4 Å². The van der Waals surface area contributed by atoms with E-state index in [-0.39, 0.29) is 10.8 Å². The summed E-state index contributed by atoms with van der Waals surface area (Å²) < 4.78 is 24.6. The lowest BCUT2D eigenvalue weighted by molar-refractivity contribution is -0.123. The first-order chi connectivity index (χ1) is 17.6. The Bertz CT molecular complexity index is 1460. The van der Waals surface area contributed by atoms with Crippen LogP contribution in [0.25, 0.3) is 0 Å². The number of aliphatic hydroxyl groups excluding tert-OH is 1. The number of imide groups is 1. The molecule has 3 unspecified atom stereocenters. The Balaban J connectivity index is 1.54. The van der Waals surface area contributed by atoms with E-state index in [1.165, 1.54) is 17.0 Å². The smallest absolute Gasteiger partial charge is 0.254 e. The van der Waals surface area contributed by atoms with Crippen molar-refractivity contribution in [2.45, 2.75) is 23.1 Å². The van der Waals surface area contributed by atoms with Gasteiger partial charge in [-0.25, -0.2) is 18.3 Å². The van der Waals surface area contributed by atoms with E-state index in [2.05, 4.69) is 21.4 Å². The van der Waals surface area contributed by atoms with Crippen LogP contribution in [-0.4, -0.2) is 48.7 Å². The predicted molar refractivity (Wildman–Crippen MR) is 143 cm³/mol. The van der Waals surface area contributed by atoms with Crippen LogP contribution in [0.3, 0.4) is 0 Å². The SMILES string of the molecule is CS(=O)(=O)c1ccc(NN2C(C(O)c3ccc(Br)cc3)C=CC3C(=O)N(c4ccccc4)C(=O)[C@H]32)cc1. The lowest BCUT2D eigenvalue weighted by Crippen LogP contribution is -2.55. The maximum atomic E-state index is 13.7. The number of amides is 2. The number of rotatable bonds is 6. The number of aliphatic hydroxyl groups is 1. The fourth-order valence-electron chi connectivity index (χ4n) is 4.69. The number of carbonyl (C=O) groups excluding carboxylic acids is 2. The van der Waals surface area contributed by atoms with Gasteiger partial charge < -0.3 is 10.5 Å². The Morgan fingerprint density at radius 3 is 2.16 bits per heavy atom. The predicted octanol–water partition coefficient (Wildman–Crippen LogP) is 3.71. The molecule has 37 heavy (non-hydrogen) atoms. The van der Waals surface area contributed by atoms with Crippen LogP contribution in [0.2, 0.25) is 0 Å². The summed E-state index contributed by atoms with van der Waals surface area (Å²) in [5.74, 6) is -1.53. The Morgan fingerprint density at radius 2 is 1.54 bits per heavy atom. The molecular weight excluding hydrogens is 558 g/mol. The van der Waals surface area contributed by atoms with Gasteiger partial charge in [0.1, 0.15) is 6.04 Å². The number of para-hydroxylation sites is 1. The van der Waals surface area contributed by atoms with Gasteiger partial charge in [0.2, 0.25) is 5.91 Å². The highest BCUT2D eigenvalue weighted by atomic mass is 79.9. The van der Waals surface area contributed by atoms with E-state index in [1.54, 1.807) is 71.8 Å². The average molecular weight is 582 g/mol. The van der Waals surface area contributed by atoms with Crippen molar-refractivity contribution in [3.05, 3.63) is 101 Å². The number of nitrogens with one attached hydrogen (secondary N) is 1. The summed E-state index contributed by atoms with van der Waals surface area (Å²) >= 11 is 3.40. The van der Waals surface area contributed by atoms with E-state index in [0.717, 1.165) is 10.7 Å². The average Bonchev–Trinajstić information content (AvgIpc) is 3.14. The number of anilines is 2. The molecule has 3 aromatic rings. The number of halogens is 1. The van der Waals surface area contributed by atoms with Gasteiger partial charge >= 0.3 is 0 Å². The van der Waals surface area contributed by atoms with Crippen molar-refractivity contribution >= 4 is 49.0 Å². The minimum absolute atomic E-state index is 0.156. The van der Waals surface area contributed by atoms with Gasteiger partial charge in [0.15, 0.2) is 9.84 Å². The highest BCUT2D eigenvalue weighted by Gasteiger charge is 2.54. The molecule has 0 radical (unpaired) electrons. The molecule has 2 aliphatic heterocycles. The fourth-order valence-corrected chi connectivity index (χ4v) is 5.58. The molecule has 190 valence electrons. The molecule has 10 heteroatoms. The topological polar surface area (TPSA) is 107 Å². The van der Waals surface area contributed by atoms with Gasteiger partial charge in [-0.1, -0.05) is 58.4 Å². The van der Waals surface area contributed by atoms with Crippen LogP contribution >= 0.6 is 15.9 Å². The summed E-state index contributed by atoms with van der Waals surface area (Å²) in [5.41, 5.74) is 4.80. The summed E-state index contributed by atoms with van der Waals surface area (Å²) in [6.45, 7) is 0. The van der Waals surface area contributed by atoms with Crippen molar-refractivity contribution in [3.63, 3.8) is 0 Å². The van der Waals surface area contributed by atoms with E-state index in [4.69, 9.17) is 0 Å². The zero-order chi connectivity index (χ0) is 26.3. The highest BCUT2D eigenvalue weighted by Crippen LogP contribution is 2.38. The third kappa shape index (κ3) is 4.85. The summed E-state index contributed by atoms with van der Waals surface area (Å²) in [6.07, 6.45) is 3.51. The number of sulfone groups is 1. The maximum Gasteiger partial charge on any atom is 0.254 e. The lowest BCUT2D eigenvalue weighted by atomic mass is 9.90. The molecule has 0 aliphatic carbocycles. The van der Waals surface area contributed by atoms with Crippen LogP contribution < -0.4 is 10.3 Å². The molecule has 2 amide bonds. The van der Waals surface area contributed by atoms with Crippen molar-refractivity contribution in [2.75, 3.05) is 16.6 Å². The van der Waals surface area contributed by atoms with Crippen LogP contribution in [0, 0.1) is 5.92 Å². The van der Waals surface area contributed by atoms with E-state index >= 15 is 0 Å². The summed E-state index contributed by atoms with van der Waals surface area (Å²) in [6, 6.07) is 20.4. The minimum Gasteiger partial charge on any atom is -0.386 e. The van der Waals surface area contributed by atoms with Gasteiger partial charge in [-0.15, -0.1) is 0 Å². The first-order valence-electron chi connectivity index (χ1n) is 11.5. The molecule has 3 aromatic carbocycles. The minimum atomic E-state index is -3.39. The first-order valence-corrected chi connectivity index (χ1v) is 14.2. The number of hydrogen-bond donors (Lipinski definition) is 2. The fraction of sp³-hybridized carbons (Fsp3) is 0.185. The molecule has 0 aromatic heterocycles.